The van der Waals surface area contributed by atoms with Gasteiger partial charge in [-0.25, -0.2) is 19.4 Å². The van der Waals surface area contributed by atoms with Crippen LogP contribution in [-0.2, 0) is 6.54 Å². The molecule has 92 valence electrons. The molecule has 7 nitrogen and oxygen atoms in total. The number of hydrogen-bond donors (Lipinski definition) is 1. The van der Waals surface area contributed by atoms with Crippen molar-refractivity contribution in [2.45, 2.75) is 13.5 Å². The maximum absolute atomic E-state index is 11.6. The molecule has 2 rings (SSSR count). The lowest BCUT2D eigenvalue weighted by Gasteiger charge is -2.06. The van der Waals surface area contributed by atoms with Gasteiger partial charge in [0.1, 0.15) is 11.9 Å². The summed E-state index contributed by atoms with van der Waals surface area (Å²) in [6, 6.07) is 2.97. The van der Waals surface area contributed by atoms with E-state index in [-0.39, 0.29) is 23.4 Å². The van der Waals surface area contributed by atoms with Gasteiger partial charge in [0.2, 0.25) is 0 Å². The number of hydrogen-bond acceptors (Lipinski definition) is 5. The van der Waals surface area contributed by atoms with Crippen LogP contribution >= 0.6 is 0 Å². The van der Waals surface area contributed by atoms with Crippen LogP contribution in [0.2, 0.25) is 0 Å². The molecule has 0 fully saturated rings. The Hall–Kier alpha value is -2.57. The van der Waals surface area contributed by atoms with Crippen LogP contribution in [0.5, 0.6) is 0 Å². The molecular formula is C11H10N4O3. The van der Waals surface area contributed by atoms with Gasteiger partial charge in [-0.05, 0) is 13.0 Å². The summed E-state index contributed by atoms with van der Waals surface area (Å²) in [5.41, 5.74) is 0.571. The van der Waals surface area contributed by atoms with E-state index in [4.69, 9.17) is 5.11 Å². The largest absolute Gasteiger partial charge is 0.478 e. The molecule has 0 bridgehead atoms. The predicted molar refractivity (Wildman–Crippen MR) is 61.3 cm³/mol. The molecule has 0 aliphatic carbocycles. The smallest absolute Gasteiger partial charge is 0.339 e. The number of aromatic carboxylic acids is 1. The summed E-state index contributed by atoms with van der Waals surface area (Å²) in [4.78, 5) is 30.1. The van der Waals surface area contributed by atoms with E-state index < -0.39 is 5.97 Å². The van der Waals surface area contributed by atoms with Crippen LogP contribution < -0.4 is 5.56 Å². The highest BCUT2D eigenvalue weighted by Crippen LogP contribution is 2.04. The predicted octanol–water partition coefficient (Wildman–Crippen LogP) is 0.0882. The van der Waals surface area contributed by atoms with Crippen LogP contribution in [0.4, 0.5) is 0 Å². The van der Waals surface area contributed by atoms with E-state index in [9.17, 15) is 9.59 Å². The minimum atomic E-state index is -1.13. The van der Waals surface area contributed by atoms with Crippen LogP contribution in [0.1, 0.15) is 21.7 Å². The fourth-order valence-electron chi connectivity index (χ4n) is 1.47. The van der Waals surface area contributed by atoms with Crippen molar-refractivity contribution in [1.29, 1.82) is 0 Å². The van der Waals surface area contributed by atoms with Gasteiger partial charge < -0.3 is 5.11 Å². The number of aryl methyl sites for hydroxylation is 1. The van der Waals surface area contributed by atoms with Crippen molar-refractivity contribution >= 4 is 5.97 Å². The number of carbonyl (C=O) groups is 1. The standard InChI is InChI=1S/C11H10N4O3/c1-7-2-3-10(16)15(14-7)5-9-8(11(17)18)4-12-6-13-9/h2-4,6H,5H2,1H3,(H,17,18). The Morgan fingerprint density at radius 1 is 1.44 bits per heavy atom. The maximum atomic E-state index is 11.6. The second-order valence-corrected chi connectivity index (χ2v) is 3.66. The molecule has 2 aromatic rings. The summed E-state index contributed by atoms with van der Waals surface area (Å²) in [5, 5.41) is 13.0. The SMILES string of the molecule is Cc1ccc(=O)n(Cc2ncncc2C(=O)O)n1. The number of rotatable bonds is 3. The van der Waals surface area contributed by atoms with Crippen LogP contribution in [0, 0.1) is 6.92 Å². The molecule has 0 aliphatic heterocycles. The number of carboxylic acids is 1. The Labute approximate surface area is 102 Å². The van der Waals surface area contributed by atoms with Gasteiger partial charge in [-0.3, -0.25) is 4.79 Å². The van der Waals surface area contributed by atoms with Crippen LogP contribution in [0.15, 0.2) is 29.5 Å². The van der Waals surface area contributed by atoms with E-state index in [1.165, 1.54) is 23.3 Å². The molecule has 0 saturated carbocycles. The number of nitrogens with zero attached hydrogens (tertiary/aromatic N) is 4. The minimum absolute atomic E-state index is 0.00463. The van der Waals surface area contributed by atoms with Crippen molar-refractivity contribution in [2.75, 3.05) is 0 Å². The highest BCUT2D eigenvalue weighted by molar-refractivity contribution is 5.88. The van der Waals surface area contributed by atoms with E-state index in [1.54, 1.807) is 13.0 Å². The van der Waals surface area contributed by atoms with E-state index in [2.05, 4.69) is 15.1 Å². The maximum Gasteiger partial charge on any atom is 0.339 e. The van der Waals surface area contributed by atoms with Crippen molar-refractivity contribution < 1.29 is 9.90 Å². The first-order valence-corrected chi connectivity index (χ1v) is 5.15. The molecule has 2 heterocycles. The molecule has 0 saturated heterocycles. The first-order valence-electron chi connectivity index (χ1n) is 5.15. The fourth-order valence-corrected chi connectivity index (χ4v) is 1.47. The highest BCUT2D eigenvalue weighted by Gasteiger charge is 2.12. The van der Waals surface area contributed by atoms with Crippen molar-refractivity contribution in [2.24, 2.45) is 0 Å². The second-order valence-electron chi connectivity index (χ2n) is 3.66. The molecule has 7 heteroatoms. The van der Waals surface area contributed by atoms with Crippen LogP contribution in [0.25, 0.3) is 0 Å². The summed E-state index contributed by atoms with van der Waals surface area (Å²) in [5.74, 6) is -1.13. The summed E-state index contributed by atoms with van der Waals surface area (Å²) < 4.78 is 1.17. The fraction of sp³-hybridized carbons (Fsp3) is 0.182. The molecule has 1 N–H and O–H groups in total. The zero-order valence-corrected chi connectivity index (χ0v) is 9.57. The topological polar surface area (TPSA) is 98.0 Å². The zero-order valence-electron chi connectivity index (χ0n) is 9.57. The van der Waals surface area contributed by atoms with E-state index >= 15 is 0 Å². The Morgan fingerprint density at radius 3 is 2.94 bits per heavy atom. The molecule has 0 amide bonds. The van der Waals surface area contributed by atoms with Gasteiger partial charge in [-0.2, -0.15) is 5.10 Å². The first kappa shape index (κ1) is 11.9. The second kappa shape index (κ2) is 4.74. The third kappa shape index (κ3) is 2.40. The van der Waals surface area contributed by atoms with Crippen LogP contribution in [0.3, 0.4) is 0 Å². The number of aromatic nitrogens is 4. The van der Waals surface area contributed by atoms with E-state index in [1.807, 2.05) is 0 Å². The summed E-state index contributed by atoms with van der Waals surface area (Å²) in [6.07, 6.45) is 2.44. The minimum Gasteiger partial charge on any atom is -0.478 e. The molecule has 0 atom stereocenters. The molecule has 0 radical (unpaired) electrons. The Kier molecular flexibility index (Phi) is 3.13. The average molecular weight is 246 g/mol. The monoisotopic (exact) mass is 246 g/mol. The van der Waals surface area contributed by atoms with E-state index in [0.29, 0.717) is 5.69 Å². The third-order valence-corrected chi connectivity index (χ3v) is 2.32. The third-order valence-electron chi connectivity index (χ3n) is 2.32. The Morgan fingerprint density at radius 2 is 2.22 bits per heavy atom. The molecule has 0 aromatic carbocycles. The van der Waals surface area contributed by atoms with Crippen molar-refractivity contribution in [3.05, 3.63) is 52.0 Å². The molecule has 0 spiro atoms. The molecule has 18 heavy (non-hydrogen) atoms. The van der Waals surface area contributed by atoms with Gasteiger partial charge in [-0.1, -0.05) is 0 Å². The van der Waals surface area contributed by atoms with Gasteiger partial charge >= 0.3 is 5.97 Å². The average Bonchev–Trinajstić information content (AvgIpc) is 2.34. The normalized spacial score (nSPS) is 10.3. The van der Waals surface area contributed by atoms with Crippen molar-refractivity contribution in [1.82, 2.24) is 19.7 Å². The van der Waals surface area contributed by atoms with Gasteiger partial charge in [0, 0.05) is 12.3 Å². The summed E-state index contributed by atoms with van der Waals surface area (Å²) in [6.45, 7) is 1.75. The van der Waals surface area contributed by atoms with Gasteiger partial charge in [-0.15, -0.1) is 0 Å². The number of carboxylic acid groups (broad SMARTS) is 1. The molecule has 2 aromatic heterocycles. The zero-order chi connectivity index (χ0) is 13.1. The molecule has 0 aliphatic rings. The van der Waals surface area contributed by atoms with Gasteiger partial charge in [0.25, 0.3) is 5.56 Å². The van der Waals surface area contributed by atoms with Gasteiger partial charge in [0.15, 0.2) is 0 Å². The molecule has 0 unspecified atom stereocenters. The lowest BCUT2D eigenvalue weighted by atomic mass is 10.2. The van der Waals surface area contributed by atoms with Crippen molar-refractivity contribution in [3.8, 4) is 0 Å². The van der Waals surface area contributed by atoms with Crippen molar-refractivity contribution in [3.63, 3.8) is 0 Å². The summed E-state index contributed by atoms with van der Waals surface area (Å²) >= 11 is 0. The molecular weight excluding hydrogens is 236 g/mol. The summed E-state index contributed by atoms with van der Waals surface area (Å²) in [7, 11) is 0. The Balaban J connectivity index is 2.43. The Bertz CT molecular complexity index is 651. The van der Waals surface area contributed by atoms with Crippen LogP contribution in [-0.4, -0.2) is 30.8 Å². The first-order chi connectivity index (χ1) is 8.58. The lowest BCUT2D eigenvalue weighted by molar-refractivity contribution is 0.0694. The lowest BCUT2D eigenvalue weighted by Crippen LogP contribution is -2.24. The van der Waals surface area contributed by atoms with E-state index in [0.717, 1.165) is 0 Å². The highest BCUT2D eigenvalue weighted by atomic mass is 16.4. The van der Waals surface area contributed by atoms with Gasteiger partial charge in [0.05, 0.1) is 17.9 Å². The quantitative estimate of drug-likeness (QED) is 0.824.